The summed E-state index contributed by atoms with van der Waals surface area (Å²) in [5.41, 5.74) is 6.58. The first-order valence-corrected chi connectivity index (χ1v) is 7.47. The zero-order chi connectivity index (χ0) is 14.4. The molecule has 0 N–H and O–H groups in total. The molecule has 0 nitrogen and oxygen atoms in total. The first kappa shape index (κ1) is 14.4. The highest BCUT2D eigenvalue weighted by atomic mass is 14.4. The summed E-state index contributed by atoms with van der Waals surface area (Å²) in [6.45, 7) is 18.0. The van der Waals surface area contributed by atoms with Crippen molar-refractivity contribution in [1.82, 2.24) is 0 Å². The van der Waals surface area contributed by atoms with Crippen LogP contribution in [0.1, 0.15) is 75.6 Å². The van der Waals surface area contributed by atoms with E-state index in [1.54, 1.807) is 11.1 Å². The Labute approximate surface area is 118 Å². The molecule has 19 heavy (non-hydrogen) atoms. The minimum atomic E-state index is 0.300. The van der Waals surface area contributed by atoms with Crippen LogP contribution < -0.4 is 0 Å². The average Bonchev–Trinajstić information content (AvgIpc) is 2.34. The molecule has 1 aromatic rings. The van der Waals surface area contributed by atoms with Gasteiger partial charge in [-0.15, -0.1) is 6.58 Å². The highest BCUT2D eigenvalue weighted by molar-refractivity contribution is 5.48. The summed E-state index contributed by atoms with van der Waals surface area (Å²) in [4.78, 5) is 0. The third-order valence-electron chi connectivity index (χ3n) is 5.08. The SMILES string of the molecule is C=CC(C)c1cc2c(cc1C)C(C)(C)CCC2(C)C. The molecule has 2 rings (SSSR count). The van der Waals surface area contributed by atoms with E-state index in [-0.39, 0.29) is 0 Å². The van der Waals surface area contributed by atoms with E-state index in [0.29, 0.717) is 16.7 Å². The van der Waals surface area contributed by atoms with Crippen LogP contribution in [0.15, 0.2) is 24.8 Å². The van der Waals surface area contributed by atoms with Gasteiger partial charge in [0.05, 0.1) is 0 Å². The van der Waals surface area contributed by atoms with Crippen LogP contribution in [-0.2, 0) is 10.8 Å². The normalized spacial score (nSPS) is 21.6. The minimum absolute atomic E-state index is 0.300. The fourth-order valence-electron chi connectivity index (χ4n) is 3.36. The van der Waals surface area contributed by atoms with Gasteiger partial charge in [-0.3, -0.25) is 0 Å². The van der Waals surface area contributed by atoms with E-state index in [4.69, 9.17) is 0 Å². The Morgan fingerprint density at radius 1 is 1.05 bits per heavy atom. The van der Waals surface area contributed by atoms with Crippen molar-refractivity contribution in [2.24, 2.45) is 0 Å². The van der Waals surface area contributed by atoms with E-state index in [1.807, 2.05) is 0 Å². The Balaban J connectivity index is 2.68. The van der Waals surface area contributed by atoms with Gasteiger partial charge in [-0.1, -0.05) is 52.8 Å². The number of hydrogen-bond donors (Lipinski definition) is 0. The van der Waals surface area contributed by atoms with Gasteiger partial charge in [0.25, 0.3) is 0 Å². The van der Waals surface area contributed by atoms with Gasteiger partial charge in [-0.05, 0) is 58.8 Å². The monoisotopic (exact) mass is 256 g/mol. The lowest BCUT2D eigenvalue weighted by molar-refractivity contribution is 0.331. The summed E-state index contributed by atoms with van der Waals surface area (Å²) >= 11 is 0. The van der Waals surface area contributed by atoms with E-state index in [2.05, 4.69) is 66.3 Å². The lowest BCUT2D eigenvalue weighted by atomic mass is 9.62. The molecule has 0 aliphatic heterocycles. The molecule has 0 fully saturated rings. The molecule has 1 aliphatic carbocycles. The lowest BCUT2D eigenvalue weighted by Gasteiger charge is -2.42. The minimum Gasteiger partial charge on any atom is -0.102 e. The Morgan fingerprint density at radius 3 is 2.00 bits per heavy atom. The molecule has 0 bridgehead atoms. The van der Waals surface area contributed by atoms with Crippen molar-refractivity contribution in [1.29, 1.82) is 0 Å². The fourth-order valence-corrected chi connectivity index (χ4v) is 3.36. The Morgan fingerprint density at radius 2 is 1.53 bits per heavy atom. The average molecular weight is 256 g/mol. The Kier molecular flexibility index (Phi) is 3.41. The molecule has 1 aromatic carbocycles. The maximum absolute atomic E-state index is 3.96. The second-order valence-electron chi connectivity index (χ2n) is 7.55. The van der Waals surface area contributed by atoms with E-state index in [0.717, 1.165) is 0 Å². The molecule has 0 spiro atoms. The van der Waals surface area contributed by atoms with Crippen molar-refractivity contribution in [2.75, 3.05) is 0 Å². The van der Waals surface area contributed by atoms with Crippen LogP contribution >= 0.6 is 0 Å². The molecule has 0 amide bonds. The maximum atomic E-state index is 3.96. The van der Waals surface area contributed by atoms with Crippen LogP contribution in [0.5, 0.6) is 0 Å². The summed E-state index contributed by atoms with van der Waals surface area (Å²) in [5, 5.41) is 0. The molecule has 0 saturated heterocycles. The summed E-state index contributed by atoms with van der Waals surface area (Å²) < 4.78 is 0. The van der Waals surface area contributed by atoms with E-state index in [9.17, 15) is 0 Å². The van der Waals surface area contributed by atoms with Crippen LogP contribution in [0.2, 0.25) is 0 Å². The molecule has 0 heteroatoms. The van der Waals surface area contributed by atoms with E-state index < -0.39 is 0 Å². The summed E-state index contributed by atoms with van der Waals surface area (Å²) in [6, 6.07) is 4.89. The van der Waals surface area contributed by atoms with Crippen LogP contribution in [-0.4, -0.2) is 0 Å². The number of fused-ring (bicyclic) bond motifs is 1. The van der Waals surface area contributed by atoms with Crippen molar-refractivity contribution < 1.29 is 0 Å². The molecule has 1 atom stereocenters. The fraction of sp³-hybridized carbons (Fsp3) is 0.579. The molecule has 0 aromatic heterocycles. The van der Waals surface area contributed by atoms with Crippen LogP contribution in [0.3, 0.4) is 0 Å². The number of benzene rings is 1. The van der Waals surface area contributed by atoms with E-state index >= 15 is 0 Å². The highest BCUT2D eigenvalue weighted by Crippen LogP contribution is 2.47. The zero-order valence-electron chi connectivity index (χ0n) is 13.4. The molecule has 104 valence electrons. The number of allylic oxidation sites excluding steroid dienone is 1. The van der Waals surface area contributed by atoms with Gasteiger partial charge in [0.2, 0.25) is 0 Å². The first-order valence-electron chi connectivity index (χ1n) is 7.47. The summed E-state index contributed by atoms with van der Waals surface area (Å²) in [7, 11) is 0. The Bertz CT molecular complexity index is 503. The third-order valence-corrected chi connectivity index (χ3v) is 5.08. The van der Waals surface area contributed by atoms with Crippen LogP contribution in [0.4, 0.5) is 0 Å². The quantitative estimate of drug-likeness (QED) is 0.601. The van der Waals surface area contributed by atoms with Gasteiger partial charge in [-0.25, -0.2) is 0 Å². The van der Waals surface area contributed by atoms with Gasteiger partial charge in [0, 0.05) is 0 Å². The van der Waals surface area contributed by atoms with Crippen molar-refractivity contribution in [2.45, 2.75) is 71.1 Å². The molecular weight excluding hydrogens is 228 g/mol. The van der Waals surface area contributed by atoms with Gasteiger partial charge >= 0.3 is 0 Å². The number of hydrogen-bond acceptors (Lipinski definition) is 0. The van der Waals surface area contributed by atoms with Crippen molar-refractivity contribution in [3.05, 3.63) is 47.0 Å². The smallest absolute Gasteiger partial charge is 0.00104 e. The molecule has 1 aliphatic rings. The predicted octanol–water partition coefficient (Wildman–Crippen LogP) is 5.63. The van der Waals surface area contributed by atoms with Crippen LogP contribution in [0, 0.1) is 6.92 Å². The molecular formula is C19H28. The summed E-state index contributed by atoms with van der Waals surface area (Å²) in [6.07, 6.45) is 4.61. The second-order valence-corrected chi connectivity index (χ2v) is 7.55. The molecule has 0 radical (unpaired) electrons. The number of rotatable bonds is 2. The second kappa shape index (κ2) is 4.51. The Hall–Kier alpha value is -1.04. The largest absolute Gasteiger partial charge is 0.102 e. The number of aryl methyl sites for hydroxylation is 1. The molecule has 0 heterocycles. The highest BCUT2D eigenvalue weighted by Gasteiger charge is 2.37. The summed E-state index contributed by atoms with van der Waals surface area (Å²) in [5.74, 6) is 0.436. The van der Waals surface area contributed by atoms with Crippen molar-refractivity contribution >= 4 is 0 Å². The zero-order valence-corrected chi connectivity index (χ0v) is 13.4. The van der Waals surface area contributed by atoms with Gasteiger partial charge < -0.3 is 0 Å². The first-order chi connectivity index (χ1) is 8.69. The van der Waals surface area contributed by atoms with E-state index in [1.165, 1.54) is 24.0 Å². The topological polar surface area (TPSA) is 0 Å². The van der Waals surface area contributed by atoms with Gasteiger partial charge in [0.1, 0.15) is 0 Å². The van der Waals surface area contributed by atoms with Gasteiger partial charge in [-0.2, -0.15) is 0 Å². The van der Waals surface area contributed by atoms with Crippen molar-refractivity contribution in [3.63, 3.8) is 0 Å². The standard InChI is InChI=1S/C19H28/c1-8-13(2)15-12-17-16(11-14(15)3)18(4,5)9-10-19(17,6)7/h8,11-13H,1,9-10H2,2-7H3. The van der Waals surface area contributed by atoms with Gasteiger partial charge in [0.15, 0.2) is 0 Å². The lowest BCUT2D eigenvalue weighted by Crippen LogP contribution is -2.34. The third kappa shape index (κ3) is 2.38. The van der Waals surface area contributed by atoms with Crippen molar-refractivity contribution in [3.8, 4) is 0 Å². The maximum Gasteiger partial charge on any atom is -0.00104 e. The predicted molar refractivity (Wildman–Crippen MR) is 85.1 cm³/mol. The molecule has 1 unspecified atom stereocenters. The van der Waals surface area contributed by atoms with Crippen LogP contribution in [0.25, 0.3) is 0 Å². The molecule has 0 saturated carbocycles.